The molecule has 0 saturated heterocycles. The monoisotopic (exact) mass is 536 g/mol. The number of hydrogen-bond donors (Lipinski definition) is 1. The number of nitrogens with zero attached hydrogens (tertiary/aromatic N) is 1. The van der Waals surface area contributed by atoms with Gasteiger partial charge in [0, 0.05) is 27.8 Å². The van der Waals surface area contributed by atoms with Crippen LogP contribution in [0.15, 0.2) is 53.0 Å². The Morgan fingerprint density at radius 1 is 1.16 bits per heavy atom. The molecule has 1 saturated carbocycles. The predicted molar refractivity (Wildman–Crippen MR) is 137 cm³/mol. The zero-order valence-corrected chi connectivity index (χ0v) is 21.5. The number of thioether (sulfide) groups is 1. The molecule has 1 unspecified atom stereocenters. The van der Waals surface area contributed by atoms with Crippen molar-refractivity contribution in [3.63, 3.8) is 0 Å². The van der Waals surface area contributed by atoms with E-state index >= 15 is 0 Å². The van der Waals surface area contributed by atoms with E-state index in [9.17, 15) is 9.59 Å². The maximum atomic E-state index is 13.2. The molecule has 4 nitrogen and oxygen atoms in total. The van der Waals surface area contributed by atoms with Crippen molar-refractivity contribution in [1.82, 2.24) is 10.2 Å². The average molecular weight is 538 g/mol. The first kappa shape index (κ1) is 25.1. The summed E-state index contributed by atoms with van der Waals surface area (Å²) >= 11 is 11.3. The molecule has 0 spiro atoms. The topological polar surface area (TPSA) is 49.4 Å². The molecule has 2 aromatic carbocycles. The summed E-state index contributed by atoms with van der Waals surface area (Å²) < 4.78 is 0.954. The van der Waals surface area contributed by atoms with E-state index in [0.717, 1.165) is 41.3 Å². The summed E-state index contributed by atoms with van der Waals surface area (Å²) in [5, 5.41) is 3.88. The number of carbonyl (C=O) groups excluding carboxylic acids is 2. The molecular weight excluding hydrogens is 508 g/mol. The van der Waals surface area contributed by atoms with Crippen molar-refractivity contribution in [3.8, 4) is 0 Å². The van der Waals surface area contributed by atoms with Crippen molar-refractivity contribution in [2.24, 2.45) is 0 Å². The quantitative estimate of drug-likeness (QED) is 0.414. The van der Waals surface area contributed by atoms with Crippen LogP contribution in [0.2, 0.25) is 5.02 Å². The van der Waals surface area contributed by atoms with Gasteiger partial charge in [0.1, 0.15) is 6.04 Å². The number of halogens is 2. The summed E-state index contributed by atoms with van der Waals surface area (Å²) in [6, 6.07) is 15.2. The van der Waals surface area contributed by atoms with Crippen molar-refractivity contribution >= 4 is 51.1 Å². The van der Waals surface area contributed by atoms with Crippen molar-refractivity contribution in [2.75, 3.05) is 5.75 Å². The highest BCUT2D eigenvalue weighted by atomic mass is 79.9. The van der Waals surface area contributed by atoms with E-state index in [1.54, 1.807) is 4.90 Å². The van der Waals surface area contributed by atoms with Crippen LogP contribution in [0.5, 0.6) is 0 Å². The molecule has 0 aliphatic heterocycles. The molecule has 1 atom stereocenters. The van der Waals surface area contributed by atoms with E-state index in [-0.39, 0.29) is 17.9 Å². The Bertz CT molecular complexity index is 920. The summed E-state index contributed by atoms with van der Waals surface area (Å²) in [5.41, 5.74) is 2.00. The lowest BCUT2D eigenvalue weighted by Crippen LogP contribution is -2.50. The lowest BCUT2D eigenvalue weighted by molar-refractivity contribution is -0.139. The normalized spacial score (nSPS) is 15.2. The maximum Gasteiger partial charge on any atom is 0.242 e. The van der Waals surface area contributed by atoms with Crippen LogP contribution in [0.1, 0.15) is 50.2 Å². The molecule has 1 aliphatic rings. The Morgan fingerprint density at radius 2 is 1.91 bits per heavy atom. The van der Waals surface area contributed by atoms with Gasteiger partial charge in [-0.3, -0.25) is 9.59 Å². The molecule has 3 rings (SSSR count). The van der Waals surface area contributed by atoms with Gasteiger partial charge in [0.05, 0.1) is 5.75 Å². The van der Waals surface area contributed by atoms with Crippen LogP contribution in [0.3, 0.4) is 0 Å². The number of amides is 2. The smallest absolute Gasteiger partial charge is 0.242 e. The van der Waals surface area contributed by atoms with Gasteiger partial charge in [-0.1, -0.05) is 77.1 Å². The number of nitrogens with one attached hydrogen (secondary N) is 1. The van der Waals surface area contributed by atoms with E-state index in [1.165, 1.54) is 18.2 Å². The predicted octanol–water partition coefficient (Wildman–Crippen LogP) is 6.20. The van der Waals surface area contributed by atoms with Gasteiger partial charge >= 0.3 is 0 Å². The molecule has 0 aromatic heterocycles. The highest BCUT2D eigenvalue weighted by Crippen LogP contribution is 2.23. The minimum absolute atomic E-state index is 0.0478. The maximum absolute atomic E-state index is 13.2. The number of rotatable bonds is 9. The Balaban J connectivity index is 1.66. The van der Waals surface area contributed by atoms with Gasteiger partial charge in [0.25, 0.3) is 0 Å². The summed E-state index contributed by atoms with van der Waals surface area (Å²) in [4.78, 5) is 27.9. The first-order valence-electron chi connectivity index (χ1n) is 11.1. The fourth-order valence-corrected chi connectivity index (χ4v) is 5.57. The SMILES string of the molecule is CC(C(=O)NC1CCCCC1)N(Cc1cccc(Br)c1)C(=O)CSCc1ccccc1Cl. The Morgan fingerprint density at radius 3 is 2.62 bits per heavy atom. The highest BCUT2D eigenvalue weighted by molar-refractivity contribution is 9.10. The molecule has 1 aliphatic carbocycles. The van der Waals surface area contributed by atoms with Crippen LogP contribution in [-0.2, 0) is 21.9 Å². The molecule has 172 valence electrons. The standard InChI is InChI=1S/C25H30BrClN2O2S/c1-18(25(31)28-22-11-3-2-4-12-22)29(15-19-8-7-10-21(26)14-19)24(30)17-32-16-20-9-5-6-13-23(20)27/h5-10,13-14,18,22H,2-4,11-12,15-17H2,1H3,(H,28,31). The second-order valence-electron chi connectivity index (χ2n) is 8.26. The second kappa shape index (κ2) is 12.7. The molecule has 1 fully saturated rings. The van der Waals surface area contributed by atoms with Gasteiger partial charge in [-0.15, -0.1) is 11.8 Å². The first-order valence-corrected chi connectivity index (χ1v) is 13.4. The number of benzene rings is 2. The zero-order chi connectivity index (χ0) is 22.9. The first-order chi connectivity index (χ1) is 15.4. The second-order valence-corrected chi connectivity index (χ2v) is 10.6. The molecule has 0 heterocycles. The number of carbonyl (C=O) groups is 2. The van der Waals surface area contributed by atoms with Gasteiger partial charge in [-0.2, -0.15) is 0 Å². The fraction of sp³-hybridized carbons (Fsp3) is 0.440. The molecule has 2 amide bonds. The molecular formula is C25H30BrClN2O2S. The third-order valence-corrected chi connectivity index (χ3v) is 7.63. The fourth-order valence-electron chi connectivity index (χ4n) is 3.93. The van der Waals surface area contributed by atoms with E-state index < -0.39 is 6.04 Å². The van der Waals surface area contributed by atoms with Gasteiger partial charge in [-0.05, 0) is 49.1 Å². The Kier molecular flexibility index (Phi) is 9.94. The molecule has 7 heteroatoms. The van der Waals surface area contributed by atoms with E-state index in [4.69, 9.17) is 11.6 Å². The van der Waals surface area contributed by atoms with Gasteiger partial charge in [0.2, 0.25) is 11.8 Å². The van der Waals surface area contributed by atoms with E-state index in [0.29, 0.717) is 23.1 Å². The van der Waals surface area contributed by atoms with Crippen molar-refractivity contribution in [3.05, 3.63) is 69.2 Å². The Hall–Kier alpha value is -1.50. The highest BCUT2D eigenvalue weighted by Gasteiger charge is 2.28. The van der Waals surface area contributed by atoms with Crippen molar-refractivity contribution < 1.29 is 9.59 Å². The largest absolute Gasteiger partial charge is 0.352 e. The van der Waals surface area contributed by atoms with Crippen LogP contribution in [0.25, 0.3) is 0 Å². The van der Waals surface area contributed by atoms with Crippen LogP contribution in [0, 0.1) is 0 Å². The molecule has 0 bridgehead atoms. The average Bonchev–Trinajstić information content (AvgIpc) is 2.79. The summed E-state index contributed by atoms with van der Waals surface area (Å²) in [7, 11) is 0. The summed E-state index contributed by atoms with van der Waals surface area (Å²) in [6.07, 6.45) is 5.58. The van der Waals surface area contributed by atoms with Crippen LogP contribution in [-0.4, -0.2) is 34.6 Å². The van der Waals surface area contributed by atoms with E-state index in [1.807, 2.05) is 55.5 Å². The minimum atomic E-state index is -0.538. The van der Waals surface area contributed by atoms with E-state index in [2.05, 4.69) is 21.2 Å². The summed E-state index contributed by atoms with van der Waals surface area (Å²) in [5.74, 6) is 0.823. The van der Waals surface area contributed by atoms with Crippen LogP contribution >= 0.6 is 39.3 Å². The number of hydrogen-bond acceptors (Lipinski definition) is 3. The molecule has 0 radical (unpaired) electrons. The molecule has 32 heavy (non-hydrogen) atoms. The molecule has 1 N–H and O–H groups in total. The van der Waals surface area contributed by atoms with Crippen molar-refractivity contribution in [2.45, 2.75) is 63.4 Å². The third kappa shape index (κ3) is 7.53. The van der Waals surface area contributed by atoms with Gasteiger partial charge in [-0.25, -0.2) is 0 Å². The van der Waals surface area contributed by atoms with Crippen molar-refractivity contribution in [1.29, 1.82) is 0 Å². The zero-order valence-electron chi connectivity index (χ0n) is 18.4. The minimum Gasteiger partial charge on any atom is -0.352 e. The van der Waals surface area contributed by atoms with Gasteiger partial charge in [0.15, 0.2) is 0 Å². The van der Waals surface area contributed by atoms with Crippen LogP contribution in [0.4, 0.5) is 0 Å². The van der Waals surface area contributed by atoms with Crippen LogP contribution < -0.4 is 5.32 Å². The lowest BCUT2D eigenvalue weighted by atomic mass is 9.95. The lowest BCUT2D eigenvalue weighted by Gasteiger charge is -2.31. The third-order valence-electron chi connectivity index (χ3n) is 5.80. The Labute approximate surface area is 208 Å². The van der Waals surface area contributed by atoms with Gasteiger partial charge < -0.3 is 10.2 Å². The molecule has 2 aromatic rings. The summed E-state index contributed by atoms with van der Waals surface area (Å²) in [6.45, 7) is 2.22.